The first-order valence-electron chi connectivity index (χ1n) is 6.94. The molecule has 1 fully saturated rings. The van der Waals surface area contributed by atoms with E-state index >= 15 is 0 Å². The van der Waals surface area contributed by atoms with Crippen LogP contribution in [0.2, 0.25) is 0 Å². The van der Waals surface area contributed by atoms with Crippen LogP contribution in [0.25, 0.3) is 0 Å². The SMILES string of the molecule is CN(C)C(=O)CC1NCCN(Cc2ccccc2F)C1=O.Cl. The van der Waals surface area contributed by atoms with Crippen molar-refractivity contribution < 1.29 is 14.0 Å². The van der Waals surface area contributed by atoms with Gasteiger partial charge in [-0.25, -0.2) is 4.39 Å². The van der Waals surface area contributed by atoms with Crippen LogP contribution in [0.5, 0.6) is 0 Å². The van der Waals surface area contributed by atoms with Crippen LogP contribution in [-0.4, -0.2) is 54.8 Å². The number of piperazine rings is 1. The summed E-state index contributed by atoms with van der Waals surface area (Å²) < 4.78 is 13.7. The molecule has 1 heterocycles. The molecule has 1 aliphatic rings. The lowest BCUT2D eigenvalue weighted by atomic mass is 10.1. The number of carbonyl (C=O) groups excluding carboxylic acids is 2. The van der Waals surface area contributed by atoms with Crippen LogP contribution in [-0.2, 0) is 16.1 Å². The largest absolute Gasteiger partial charge is 0.349 e. The minimum Gasteiger partial charge on any atom is -0.349 e. The quantitative estimate of drug-likeness (QED) is 0.897. The van der Waals surface area contributed by atoms with Gasteiger partial charge < -0.3 is 15.1 Å². The third-order valence-electron chi connectivity index (χ3n) is 3.58. The Bertz CT molecular complexity index is 539. The van der Waals surface area contributed by atoms with E-state index in [9.17, 15) is 14.0 Å². The summed E-state index contributed by atoms with van der Waals surface area (Å²) in [5.74, 6) is -0.571. The van der Waals surface area contributed by atoms with E-state index in [2.05, 4.69) is 5.32 Å². The molecule has 0 aromatic heterocycles. The van der Waals surface area contributed by atoms with E-state index in [0.717, 1.165) is 0 Å². The van der Waals surface area contributed by atoms with Crippen LogP contribution in [0.4, 0.5) is 4.39 Å². The number of hydrogen-bond acceptors (Lipinski definition) is 3. The van der Waals surface area contributed by atoms with E-state index in [1.807, 2.05) is 0 Å². The van der Waals surface area contributed by atoms with Crippen LogP contribution < -0.4 is 5.32 Å². The first-order chi connectivity index (χ1) is 9.99. The van der Waals surface area contributed by atoms with Crippen molar-refractivity contribution in [1.29, 1.82) is 0 Å². The highest BCUT2D eigenvalue weighted by atomic mass is 35.5. The highest BCUT2D eigenvalue weighted by Gasteiger charge is 2.30. The zero-order valence-corrected chi connectivity index (χ0v) is 13.5. The lowest BCUT2D eigenvalue weighted by Gasteiger charge is -2.33. The molecule has 1 aliphatic heterocycles. The maximum Gasteiger partial charge on any atom is 0.240 e. The Hall–Kier alpha value is -1.66. The molecule has 1 aromatic carbocycles. The minimum atomic E-state index is -0.527. The molecule has 0 spiro atoms. The maximum absolute atomic E-state index is 13.7. The molecule has 1 saturated heterocycles. The van der Waals surface area contributed by atoms with Gasteiger partial charge in [-0.05, 0) is 6.07 Å². The van der Waals surface area contributed by atoms with Crippen molar-refractivity contribution in [3.8, 4) is 0 Å². The van der Waals surface area contributed by atoms with E-state index in [-0.39, 0.29) is 43.0 Å². The molecule has 0 aliphatic carbocycles. The van der Waals surface area contributed by atoms with Crippen LogP contribution in [0.3, 0.4) is 0 Å². The normalized spacial score (nSPS) is 17.9. The van der Waals surface area contributed by atoms with Gasteiger partial charge in [0.2, 0.25) is 11.8 Å². The van der Waals surface area contributed by atoms with Crippen molar-refractivity contribution in [3.63, 3.8) is 0 Å². The second-order valence-electron chi connectivity index (χ2n) is 5.35. The fraction of sp³-hybridized carbons (Fsp3) is 0.467. The van der Waals surface area contributed by atoms with Crippen LogP contribution in [0, 0.1) is 5.82 Å². The monoisotopic (exact) mass is 329 g/mol. The predicted molar refractivity (Wildman–Crippen MR) is 84.2 cm³/mol. The summed E-state index contributed by atoms with van der Waals surface area (Å²) >= 11 is 0. The number of carbonyl (C=O) groups is 2. The van der Waals surface area contributed by atoms with Gasteiger partial charge in [0, 0.05) is 39.3 Å². The molecule has 1 aromatic rings. The van der Waals surface area contributed by atoms with Gasteiger partial charge in [-0.15, -0.1) is 12.4 Å². The van der Waals surface area contributed by atoms with Crippen molar-refractivity contribution in [1.82, 2.24) is 15.1 Å². The van der Waals surface area contributed by atoms with Crippen molar-refractivity contribution in [2.45, 2.75) is 19.0 Å². The van der Waals surface area contributed by atoms with E-state index in [0.29, 0.717) is 18.7 Å². The van der Waals surface area contributed by atoms with Gasteiger partial charge >= 0.3 is 0 Å². The number of benzene rings is 1. The predicted octanol–water partition coefficient (Wildman–Crippen LogP) is 1.03. The summed E-state index contributed by atoms with van der Waals surface area (Å²) in [6.45, 7) is 1.35. The first-order valence-corrected chi connectivity index (χ1v) is 6.94. The third kappa shape index (κ3) is 4.42. The Labute approximate surface area is 135 Å². The molecule has 0 saturated carbocycles. The van der Waals surface area contributed by atoms with Crippen molar-refractivity contribution in [2.24, 2.45) is 0 Å². The second kappa shape index (κ2) is 8.10. The fourth-order valence-electron chi connectivity index (χ4n) is 2.30. The standard InChI is InChI=1S/C15H20FN3O2.ClH/c1-18(2)14(20)9-13-15(21)19(8-7-17-13)10-11-5-3-4-6-12(11)16;/h3-6,13,17H,7-10H2,1-2H3;1H. The number of amides is 2. The van der Waals surface area contributed by atoms with E-state index in [1.165, 1.54) is 11.0 Å². The summed E-state index contributed by atoms with van der Waals surface area (Å²) in [5.41, 5.74) is 0.491. The topological polar surface area (TPSA) is 52.7 Å². The smallest absolute Gasteiger partial charge is 0.240 e. The summed E-state index contributed by atoms with van der Waals surface area (Å²) in [5, 5.41) is 3.05. The zero-order valence-electron chi connectivity index (χ0n) is 12.7. The molecule has 7 heteroatoms. The number of rotatable bonds is 4. The fourth-order valence-corrected chi connectivity index (χ4v) is 2.30. The molecule has 22 heavy (non-hydrogen) atoms. The Balaban J connectivity index is 0.00000242. The van der Waals surface area contributed by atoms with Gasteiger partial charge in [0.15, 0.2) is 0 Å². The highest BCUT2D eigenvalue weighted by molar-refractivity contribution is 5.88. The summed E-state index contributed by atoms with van der Waals surface area (Å²) in [4.78, 5) is 27.2. The molecule has 5 nitrogen and oxygen atoms in total. The Morgan fingerprint density at radius 1 is 1.41 bits per heavy atom. The molecule has 0 radical (unpaired) electrons. The lowest BCUT2D eigenvalue weighted by molar-refractivity contribution is -0.140. The molecule has 1 unspecified atom stereocenters. The van der Waals surface area contributed by atoms with Gasteiger partial charge in [0.05, 0.1) is 12.5 Å². The van der Waals surface area contributed by atoms with Gasteiger partial charge in [-0.2, -0.15) is 0 Å². The van der Waals surface area contributed by atoms with Crippen molar-refractivity contribution in [3.05, 3.63) is 35.6 Å². The zero-order chi connectivity index (χ0) is 15.4. The van der Waals surface area contributed by atoms with Gasteiger partial charge in [-0.3, -0.25) is 9.59 Å². The molecule has 2 amide bonds. The van der Waals surface area contributed by atoms with Gasteiger partial charge in [0.25, 0.3) is 0 Å². The molecule has 1 atom stereocenters. The Morgan fingerprint density at radius 2 is 2.09 bits per heavy atom. The molecule has 2 rings (SSSR count). The Morgan fingerprint density at radius 3 is 2.73 bits per heavy atom. The highest BCUT2D eigenvalue weighted by Crippen LogP contribution is 2.13. The van der Waals surface area contributed by atoms with Crippen molar-refractivity contribution >= 4 is 24.2 Å². The number of halogens is 2. The average molecular weight is 330 g/mol. The first kappa shape index (κ1) is 18.4. The number of nitrogens with one attached hydrogen (secondary N) is 1. The van der Waals surface area contributed by atoms with E-state index in [1.54, 1.807) is 37.2 Å². The second-order valence-corrected chi connectivity index (χ2v) is 5.35. The maximum atomic E-state index is 13.7. The van der Waals surface area contributed by atoms with Gasteiger partial charge in [0.1, 0.15) is 5.82 Å². The van der Waals surface area contributed by atoms with Crippen LogP contribution in [0.1, 0.15) is 12.0 Å². The molecule has 122 valence electrons. The van der Waals surface area contributed by atoms with Crippen LogP contribution in [0.15, 0.2) is 24.3 Å². The lowest BCUT2D eigenvalue weighted by Crippen LogP contribution is -2.55. The summed E-state index contributed by atoms with van der Waals surface area (Å²) in [7, 11) is 3.32. The third-order valence-corrected chi connectivity index (χ3v) is 3.58. The average Bonchev–Trinajstić information content (AvgIpc) is 2.45. The van der Waals surface area contributed by atoms with E-state index < -0.39 is 6.04 Å². The summed E-state index contributed by atoms with van der Waals surface area (Å²) in [6, 6.07) is 5.90. The molecular formula is C15H21ClFN3O2. The molecule has 1 N–H and O–H groups in total. The molecule has 0 bridgehead atoms. The van der Waals surface area contributed by atoms with Gasteiger partial charge in [-0.1, -0.05) is 18.2 Å². The molecular weight excluding hydrogens is 309 g/mol. The van der Waals surface area contributed by atoms with E-state index in [4.69, 9.17) is 0 Å². The Kier molecular flexibility index (Phi) is 6.77. The van der Waals surface area contributed by atoms with Crippen molar-refractivity contribution in [2.75, 3.05) is 27.2 Å². The minimum absolute atomic E-state index is 0. The summed E-state index contributed by atoms with van der Waals surface area (Å²) in [6.07, 6.45) is 0.125. The number of nitrogens with zero attached hydrogens (tertiary/aromatic N) is 2. The number of hydrogen-bond donors (Lipinski definition) is 1. The van der Waals surface area contributed by atoms with Crippen LogP contribution >= 0.6 is 12.4 Å².